The monoisotopic (exact) mass is 318 g/mol. The smallest absolute Gasteiger partial charge is 0.268 e. The molecule has 0 aliphatic carbocycles. The fraction of sp³-hybridized carbons (Fsp3) is 0.429. The van der Waals surface area contributed by atoms with Crippen LogP contribution in [0.4, 0.5) is 0 Å². The second-order valence-electron chi connectivity index (χ2n) is 5.42. The second-order valence-corrected chi connectivity index (χ2v) is 6.41. The average Bonchev–Trinajstić information content (AvgIpc) is 3.22. The van der Waals surface area contributed by atoms with E-state index in [0.717, 1.165) is 23.5 Å². The molecule has 3 aromatic heterocycles. The highest BCUT2D eigenvalue weighted by molar-refractivity contribution is 7.22. The van der Waals surface area contributed by atoms with Crippen molar-refractivity contribution in [1.82, 2.24) is 19.7 Å². The van der Waals surface area contributed by atoms with Crippen molar-refractivity contribution in [3.8, 4) is 10.8 Å². The summed E-state index contributed by atoms with van der Waals surface area (Å²) in [5.74, 6) is 1.31. The van der Waals surface area contributed by atoms with Crippen LogP contribution in [0.15, 0.2) is 15.6 Å². The first-order valence-electron chi connectivity index (χ1n) is 7.01. The van der Waals surface area contributed by atoms with E-state index < -0.39 is 0 Å². The molecule has 7 nitrogen and oxygen atoms in total. The summed E-state index contributed by atoms with van der Waals surface area (Å²) in [7, 11) is 1.69. The Balaban J connectivity index is 1.83. The molecule has 22 heavy (non-hydrogen) atoms. The maximum Gasteiger partial charge on any atom is 0.268 e. The minimum Gasteiger partial charge on any atom is -0.381 e. The van der Waals surface area contributed by atoms with Crippen LogP contribution < -0.4 is 5.56 Å². The number of aryl methyl sites for hydroxylation is 2. The molecule has 114 valence electrons. The fourth-order valence-electron chi connectivity index (χ4n) is 2.64. The Morgan fingerprint density at radius 1 is 1.45 bits per heavy atom. The van der Waals surface area contributed by atoms with Gasteiger partial charge in [-0.15, -0.1) is 11.3 Å². The molecular formula is C14H14N4O3S. The number of aromatic nitrogens is 4. The van der Waals surface area contributed by atoms with Crippen LogP contribution in [0.25, 0.3) is 21.0 Å². The Hall–Kier alpha value is -2.06. The summed E-state index contributed by atoms with van der Waals surface area (Å²) >= 11 is 1.40. The Labute approximate surface area is 129 Å². The summed E-state index contributed by atoms with van der Waals surface area (Å²) in [4.78, 5) is 22.5. The lowest BCUT2D eigenvalue weighted by Crippen LogP contribution is -2.16. The predicted molar refractivity (Wildman–Crippen MR) is 81.1 cm³/mol. The maximum absolute atomic E-state index is 12.3. The van der Waals surface area contributed by atoms with Crippen molar-refractivity contribution < 1.29 is 9.26 Å². The Morgan fingerprint density at radius 2 is 2.32 bits per heavy atom. The van der Waals surface area contributed by atoms with E-state index in [1.165, 1.54) is 22.2 Å². The van der Waals surface area contributed by atoms with E-state index in [4.69, 9.17) is 9.26 Å². The van der Waals surface area contributed by atoms with Crippen molar-refractivity contribution in [2.45, 2.75) is 19.3 Å². The van der Waals surface area contributed by atoms with E-state index in [-0.39, 0.29) is 11.5 Å². The molecule has 0 unspecified atom stereocenters. The van der Waals surface area contributed by atoms with Crippen LogP contribution in [0.5, 0.6) is 0 Å². The van der Waals surface area contributed by atoms with Gasteiger partial charge in [0.1, 0.15) is 4.83 Å². The topological polar surface area (TPSA) is 83.0 Å². The molecule has 1 aliphatic heterocycles. The van der Waals surface area contributed by atoms with Gasteiger partial charge in [-0.2, -0.15) is 4.98 Å². The first kappa shape index (κ1) is 13.6. The van der Waals surface area contributed by atoms with Crippen LogP contribution in [-0.2, 0) is 11.8 Å². The fourth-order valence-corrected chi connectivity index (χ4v) is 3.70. The van der Waals surface area contributed by atoms with Gasteiger partial charge in [0.05, 0.1) is 23.2 Å². The number of thiophene rings is 1. The molecular weight excluding hydrogens is 304 g/mol. The molecule has 0 N–H and O–H groups in total. The Morgan fingerprint density at radius 3 is 3.09 bits per heavy atom. The lowest BCUT2D eigenvalue weighted by Gasteiger charge is -1.97. The SMILES string of the molecule is Cc1c(-c2nc([C@H]3CCOC3)no2)sc2ncn(C)c(=O)c12. The molecule has 0 aromatic carbocycles. The average molecular weight is 318 g/mol. The van der Waals surface area contributed by atoms with Crippen molar-refractivity contribution in [2.24, 2.45) is 7.05 Å². The van der Waals surface area contributed by atoms with Gasteiger partial charge in [0.25, 0.3) is 11.4 Å². The highest BCUT2D eigenvalue weighted by Crippen LogP contribution is 2.35. The summed E-state index contributed by atoms with van der Waals surface area (Å²) < 4.78 is 12.2. The number of fused-ring (bicyclic) bond motifs is 1. The summed E-state index contributed by atoms with van der Waals surface area (Å²) in [5, 5.41) is 4.68. The van der Waals surface area contributed by atoms with E-state index in [1.807, 2.05) is 6.92 Å². The van der Waals surface area contributed by atoms with Crippen molar-refractivity contribution >= 4 is 21.6 Å². The molecule has 1 fully saturated rings. The molecule has 0 spiro atoms. The number of nitrogens with zero attached hydrogens (tertiary/aromatic N) is 4. The third kappa shape index (κ3) is 1.98. The van der Waals surface area contributed by atoms with Gasteiger partial charge in [-0.3, -0.25) is 4.79 Å². The molecule has 4 rings (SSSR count). The van der Waals surface area contributed by atoms with Gasteiger partial charge in [0.15, 0.2) is 5.82 Å². The van der Waals surface area contributed by atoms with Crippen molar-refractivity contribution in [2.75, 3.05) is 13.2 Å². The zero-order valence-electron chi connectivity index (χ0n) is 12.2. The first-order chi connectivity index (χ1) is 10.6. The van der Waals surface area contributed by atoms with Crippen LogP contribution in [-0.4, -0.2) is 32.9 Å². The Bertz CT molecular complexity index is 905. The number of ether oxygens (including phenoxy) is 1. The van der Waals surface area contributed by atoms with Gasteiger partial charge in [-0.1, -0.05) is 5.16 Å². The number of hydrogen-bond acceptors (Lipinski definition) is 7. The normalized spacial score (nSPS) is 18.4. The quantitative estimate of drug-likeness (QED) is 0.717. The van der Waals surface area contributed by atoms with Gasteiger partial charge in [-0.05, 0) is 18.9 Å². The molecule has 4 heterocycles. The highest BCUT2D eigenvalue weighted by Gasteiger charge is 2.25. The third-order valence-electron chi connectivity index (χ3n) is 3.94. The number of rotatable bonds is 2. The molecule has 3 aromatic rings. The van der Waals surface area contributed by atoms with E-state index in [1.54, 1.807) is 7.05 Å². The van der Waals surface area contributed by atoms with Gasteiger partial charge in [-0.25, -0.2) is 4.98 Å². The molecule has 8 heteroatoms. The summed E-state index contributed by atoms with van der Waals surface area (Å²) in [6.45, 7) is 3.25. The number of hydrogen-bond donors (Lipinski definition) is 0. The van der Waals surface area contributed by atoms with Gasteiger partial charge in [0, 0.05) is 19.6 Å². The van der Waals surface area contributed by atoms with Crippen molar-refractivity contribution in [3.05, 3.63) is 28.1 Å². The van der Waals surface area contributed by atoms with Gasteiger partial charge < -0.3 is 13.8 Å². The summed E-state index contributed by atoms with van der Waals surface area (Å²) in [5.41, 5.74) is 0.778. The van der Waals surface area contributed by atoms with Gasteiger partial charge >= 0.3 is 0 Å². The molecule has 1 aliphatic rings. The lowest BCUT2D eigenvalue weighted by atomic mass is 10.1. The highest BCUT2D eigenvalue weighted by atomic mass is 32.1. The molecule has 0 amide bonds. The van der Waals surface area contributed by atoms with E-state index in [2.05, 4.69) is 15.1 Å². The maximum atomic E-state index is 12.3. The van der Waals surface area contributed by atoms with Gasteiger partial charge in [0.2, 0.25) is 0 Å². The molecule has 0 bridgehead atoms. The van der Waals surface area contributed by atoms with Crippen LogP contribution in [0, 0.1) is 6.92 Å². The van der Waals surface area contributed by atoms with E-state index in [9.17, 15) is 4.79 Å². The largest absolute Gasteiger partial charge is 0.381 e. The predicted octanol–water partition coefficient (Wildman–Crippen LogP) is 1.86. The zero-order valence-corrected chi connectivity index (χ0v) is 13.0. The minimum absolute atomic E-state index is 0.0612. The van der Waals surface area contributed by atoms with Crippen LogP contribution >= 0.6 is 11.3 Å². The second kappa shape index (κ2) is 4.99. The third-order valence-corrected chi connectivity index (χ3v) is 5.13. The molecule has 1 atom stereocenters. The standard InChI is InChI=1S/C14H14N4O3S/c1-7-9-13(15-6-18(2)14(9)19)22-10(7)12-16-11(17-21-12)8-3-4-20-5-8/h6,8H,3-5H2,1-2H3/t8-/m0/s1. The molecule has 1 saturated heterocycles. The summed E-state index contributed by atoms with van der Waals surface area (Å²) in [6, 6.07) is 0. The first-order valence-corrected chi connectivity index (χ1v) is 7.83. The summed E-state index contributed by atoms with van der Waals surface area (Å²) in [6.07, 6.45) is 2.44. The van der Waals surface area contributed by atoms with Crippen molar-refractivity contribution in [1.29, 1.82) is 0 Å². The van der Waals surface area contributed by atoms with Crippen LogP contribution in [0.1, 0.15) is 23.7 Å². The molecule has 0 saturated carbocycles. The van der Waals surface area contributed by atoms with E-state index in [0.29, 0.717) is 28.5 Å². The molecule has 0 radical (unpaired) electrons. The zero-order chi connectivity index (χ0) is 15.3. The Kier molecular flexibility index (Phi) is 3.08. The van der Waals surface area contributed by atoms with Crippen molar-refractivity contribution in [3.63, 3.8) is 0 Å². The van der Waals surface area contributed by atoms with E-state index >= 15 is 0 Å². The lowest BCUT2D eigenvalue weighted by molar-refractivity contribution is 0.192. The van der Waals surface area contributed by atoms with Crippen LogP contribution in [0.3, 0.4) is 0 Å². The minimum atomic E-state index is -0.0612. The van der Waals surface area contributed by atoms with Crippen LogP contribution in [0.2, 0.25) is 0 Å².